The van der Waals surface area contributed by atoms with E-state index >= 15 is 0 Å². The first-order valence-electron chi connectivity index (χ1n) is 10.7. The minimum absolute atomic E-state index is 0.0864. The summed E-state index contributed by atoms with van der Waals surface area (Å²) >= 11 is 0. The van der Waals surface area contributed by atoms with E-state index < -0.39 is 10.0 Å². The van der Waals surface area contributed by atoms with Crippen LogP contribution in [0.1, 0.15) is 54.5 Å². The molecule has 1 atom stereocenters. The van der Waals surface area contributed by atoms with Crippen molar-refractivity contribution in [3.05, 3.63) is 29.0 Å². The van der Waals surface area contributed by atoms with Gasteiger partial charge in [0.1, 0.15) is 5.82 Å². The van der Waals surface area contributed by atoms with Gasteiger partial charge in [0.25, 0.3) is 0 Å². The Kier molecular flexibility index (Phi) is 5.87. The predicted molar refractivity (Wildman–Crippen MR) is 115 cm³/mol. The summed E-state index contributed by atoms with van der Waals surface area (Å²) in [7, 11) is -3.22. The number of likely N-dealkylation sites (tertiary alicyclic amines) is 1. The van der Waals surface area contributed by atoms with E-state index in [1.165, 1.54) is 10.6 Å². The molecule has 2 aromatic heterocycles. The van der Waals surface area contributed by atoms with Gasteiger partial charge in [-0.25, -0.2) is 22.7 Å². The number of carbonyl (C=O) groups is 1. The summed E-state index contributed by atoms with van der Waals surface area (Å²) in [6.07, 6.45) is 5.80. The molecule has 0 bridgehead atoms. The lowest BCUT2D eigenvalue weighted by molar-refractivity contribution is -0.137. The van der Waals surface area contributed by atoms with E-state index in [4.69, 9.17) is 9.51 Å². The first kappa shape index (κ1) is 21.9. The van der Waals surface area contributed by atoms with Gasteiger partial charge in [-0.05, 0) is 46.5 Å². The average molecular weight is 448 g/mol. The van der Waals surface area contributed by atoms with Crippen LogP contribution >= 0.6 is 0 Å². The van der Waals surface area contributed by atoms with Gasteiger partial charge in [-0.3, -0.25) is 4.79 Å². The van der Waals surface area contributed by atoms with Gasteiger partial charge in [0.15, 0.2) is 5.76 Å². The monoisotopic (exact) mass is 447 g/mol. The van der Waals surface area contributed by atoms with Crippen molar-refractivity contribution in [3.8, 4) is 11.3 Å². The maximum Gasteiger partial charge on any atom is 0.226 e. The molecule has 0 radical (unpaired) electrons. The topological polar surface area (TPSA) is 110 Å². The minimum Gasteiger partial charge on any atom is -0.356 e. The fourth-order valence-electron chi connectivity index (χ4n) is 4.57. The third-order valence-corrected chi connectivity index (χ3v) is 7.77. The molecule has 10 heteroatoms. The fourth-order valence-corrected chi connectivity index (χ4v) is 5.44. The van der Waals surface area contributed by atoms with Crippen LogP contribution in [0.25, 0.3) is 11.3 Å². The number of hydrogen-bond acceptors (Lipinski definition) is 7. The normalized spacial score (nSPS) is 21.0. The lowest BCUT2D eigenvalue weighted by Gasteiger charge is -2.34. The molecule has 1 amide bonds. The maximum atomic E-state index is 13.4. The summed E-state index contributed by atoms with van der Waals surface area (Å²) in [6, 6.07) is -0.151. The summed E-state index contributed by atoms with van der Waals surface area (Å²) in [6.45, 7) is 7.15. The molecule has 0 aromatic carbocycles. The van der Waals surface area contributed by atoms with Crippen LogP contribution in [-0.2, 0) is 14.8 Å². The molecule has 0 aliphatic carbocycles. The standard InChI is InChI=1S/C21H29N5O4S/c1-13-14(2)24-30-20(13)17-12-22-15(3)23-19(17)18-6-5-9-26(18)21(27)16-7-10-25(11-8-16)31(4,28)29/h12,16,18H,5-11H2,1-4H3/t18-/m1/s1. The second kappa shape index (κ2) is 8.31. The van der Waals surface area contributed by atoms with Crippen LogP contribution in [0.3, 0.4) is 0 Å². The van der Waals surface area contributed by atoms with Gasteiger partial charge in [-0.15, -0.1) is 0 Å². The van der Waals surface area contributed by atoms with E-state index in [1.807, 2.05) is 25.7 Å². The number of rotatable bonds is 4. The third kappa shape index (κ3) is 4.23. The van der Waals surface area contributed by atoms with Gasteiger partial charge in [-0.1, -0.05) is 5.16 Å². The Bertz CT molecular complexity index is 1090. The maximum absolute atomic E-state index is 13.4. The van der Waals surface area contributed by atoms with E-state index in [9.17, 15) is 13.2 Å². The average Bonchev–Trinajstić information content (AvgIpc) is 3.34. The highest BCUT2D eigenvalue weighted by Gasteiger charge is 2.38. The minimum atomic E-state index is -3.22. The Balaban J connectivity index is 1.60. The number of aromatic nitrogens is 3. The van der Waals surface area contributed by atoms with Gasteiger partial charge in [0.05, 0.1) is 29.2 Å². The quantitative estimate of drug-likeness (QED) is 0.708. The number of hydrogen-bond donors (Lipinski definition) is 0. The van der Waals surface area contributed by atoms with Gasteiger partial charge in [0, 0.05) is 37.3 Å². The molecule has 0 unspecified atom stereocenters. The Labute approximate surface area is 182 Å². The summed E-state index contributed by atoms with van der Waals surface area (Å²) in [5, 5.41) is 4.07. The van der Waals surface area contributed by atoms with Gasteiger partial charge in [-0.2, -0.15) is 0 Å². The molecule has 0 N–H and O–H groups in total. The van der Waals surface area contributed by atoms with Crippen molar-refractivity contribution in [1.29, 1.82) is 0 Å². The SMILES string of the molecule is Cc1ncc(-c2onc(C)c2C)c([C@H]2CCCN2C(=O)C2CCN(S(C)(=O)=O)CC2)n1. The van der Waals surface area contributed by atoms with Crippen molar-refractivity contribution in [2.24, 2.45) is 5.92 Å². The summed E-state index contributed by atoms with van der Waals surface area (Å²) in [5.74, 6) is 1.21. The van der Waals surface area contributed by atoms with Crippen molar-refractivity contribution in [2.75, 3.05) is 25.9 Å². The molecular weight excluding hydrogens is 418 g/mol. The Morgan fingerprint density at radius 2 is 1.84 bits per heavy atom. The third-order valence-electron chi connectivity index (χ3n) is 6.46. The summed E-state index contributed by atoms with van der Waals surface area (Å²) < 4.78 is 30.6. The summed E-state index contributed by atoms with van der Waals surface area (Å²) in [4.78, 5) is 24.4. The van der Waals surface area contributed by atoms with Crippen LogP contribution < -0.4 is 0 Å². The number of sulfonamides is 1. The molecule has 4 heterocycles. The molecule has 2 aromatic rings. The Hall–Kier alpha value is -2.33. The van der Waals surface area contributed by atoms with E-state index in [2.05, 4.69) is 10.1 Å². The fraction of sp³-hybridized carbons (Fsp3) is 0.619. The largest absolute Gasteiger partial charge is 0.356 e. The molecule has 9 nitrogen and oxygen atoms in total. The van der Waals surface area contributed by atoms with E-state index in [0.717, 1.165) is 35.4 Å². The van der Waals surface area contributed by atoms with Gasteiger partial charge < -0.3 is 9.42 Å². The van der Waals surface area contributed by atoms with Crippen molar-refractivity contribution in [3.63, 3.8) is 0 Å². The highest BCUT2D eigenvalue weighted by atomic mass is 32.2. The van der Waals surface area contributed by atoms with Crippen LogP contribution in [0, 0.1) is 26.7 Å². The zero-order valence-corrected chi connectivity index (χ0v) is 19.3. The Morgan fingerprint density at radius 3 is 2.45 bits per heavy atom. The van der Waals surface area contributed by atoms with Crippen molar-refractivity contribution >= 4 is 15.9 Å². The lowest BCUT2D eigenvalue weighted by atomic mass is 9.95. The van der Waals surface area contributed by atoms with Gasteiger partial charge >= 0.3 is 0 Å². The number of piperidine rings is 1. The highest BCUT2D eigenvalue weighted by Crippen LogP contribution is 2.39. The zero-order chi connectivity index (χ0) is 22.3. The number of nitrogens with zero attached hydrogens (tertiary/aromatic N) is 5. The van der Waals surface area contributed by atoms with E-state index in [1.54, 1.807) is 6.20 Å². The van der Waals surface area contributed by atoms with Crippen molar-refractivity contribution in [2.45, 2.75) is 52.5 Å². The molecule has 2 aliphatic heterocycles. The molecule has 2 aliphatic rings. The van der Waals surface area contributed by atoms with Crippen LogP contribution in [-0.4, -0.2) is 64.5 Å². The van der Waals surface area contributed by atoms with E-state index in [0.29, 0.717) is 44.1 Å². The molecule has 168 valence electrons. The molecule has 31 heavy (non-hydrogen) atoms. The van der Waals surface area contributed by atoms with Gasteiger partial charge in [0.2, 0.25) is 15.9 Å². The van der Waals surface area contributed by atoms with Crippen LogP contribution in [0.4, 0.5) is 0 Å². The zero-order valence-electron chi connectivity index (χ0n) is 18.5. The molecule has 0 saturated carbocycles. The molecule has 0 spiro atoms. The number of aryl methyl sites for hydroxylation is 2. The van der Waals surface area contributed by atoms with E-state index in [-0.39, 0.29) is 17.9 Å². The first-order chi connectivity index (χ1) is 14.7. The molecular formula is C21H29N5O4S. The molecule has 2 fully saturated rings. The van der Waals surface area contributed by atoms with Crippen molar-refractivity contribution in [1.82, 2.24) is 24.3 Å². The highest BCUT2D eigenvalue weighted by molar-refractivity contribution is 7.88. The Morgan fingerprint density at radius 1 is 1.13 bits per heavy atom. The van der Waals surface area contributed by atoms with Crippen LogP contribution in [0.2, 0.25) is 0 Å². The summed E-state index contributed by atoms with van der Waals surface area (Å²) in [5.41, 5.74) is 3.34. The van der Waals surface area contributed by atoms with Crippen LogP contribution in [0.15, 0.2) is 10.7 Å². The predicted octanol–water partition coefficient (Wildman–Crippen LogP) is 2.39. The van der Waals surface area contributed by atoms with Crippen LogP contribution in [0.5, 0.6) is 0 Å². The second-order valence-electron chi connectivity index (χ2n) is 8.56. The molecule has 2 saturated heterocycles. The number of carbonyl (C=O) groups excluding carboxylic acids is 1. The van der Waals surface area contributed by atoms with Crippen molar-refractivity contribution < 1.29 is 17.7 Å². The number of amides is 1. The second-order valence-corrected chi connectivity index (χ2v) is 10.5. The first-order valence-corrected chi connectivity index (χ1v) is 12.5. The lowest BCUT2D eigenvalue weighted by Crippen LogP contribution is -2.44. The smallest absolute Gasteiger partial charge is 0.226 e. The molecule has 4 rings (SSSR count).